The maximum Gasteiger partial charge on any atom is 0.248 e. The van der Waals surface area contributed by atoms with Crippen LogP contribution in [0.25, 0.3) is 0 Å². The van der Waals surface area contributed by atoms with Crippen LogP contribution in [0, 0.1) is 0 Å². The van der Waals surface area contributed by atoms with E-state index in [4.69, 9.17) is 0 Å². The second kappa shape index (κ2) is 7.96. The number of carbonyl (C=O) groups is 1. The highest BCUT2D eigenvalue weighted by Crippen LogP contribution is 2.26. The van der Waals surface area contributed by atoms with Crippen LogP contribution in [0.5, 0.6) is 0 Å². The van der Waals surface area contributed by atoms with Gasteiger partial charge in [0.2, 0.25) is 5.91 Å². The average Bonchev–Trinajstić information content (AvgIpc) is 3.20. The lowest BCUT2D eigenvalue weighted by atomic mass is 10.2. The maximum atomic E-state index is 12.8. The van der Waals surface area contributed by atoms with E-state index in [9.17, 15) is 4.79 Å². The van der Waals surface area contributed by atoms with Gasteiger partial charge in [0.25, 0.3) is 0 Å². The zero-order chi connectivity index (χ0) is 18.6. The Morgan fingerprint density at radius 3 is 2.48 bits per heavy atom. The molecule has 142 valence electrons. The van der Waals surface area contributed by atoms with E-state index in [0.29, 0.717) is 5.82 Å². The molecule has 0 saturated carbocycles. The van der Waals surface area contributed by atoms with E-state index >= 15 is 0 Å². The summed E-state index contributed by atoms with van der Waals surface area (Å²) >= 11 is 0. The van der Waals surface area contributed by atoms with Gasteiger partial charge in [0.15, 0.2) is 0 Å². The van der Waals surface area contributed by atoms with Gasteiger partial charge in [-0.2, -0.15) is 0 Å². The normalized spacial score (nSPS) is 20.7. The minimum absolute atomic E-state index is 0.0243. The van der Waals surface area contributed by atoms with E-state index in [1.165, 1.54) is 0 Å². The van der Waals surface area contributed by atoms with Crippen molar-refractivity contribution in [2.24, 2.45) is 0 Å². The summed E-state index contributed by atoms with van der Waals surface area (Å²) in [5.41, 5.74) is 2.22. The zero-order valence-corrected chi connectivity index (χ0v) is 15.8. The number of aromatic nitrogens is 1. The highest BCUT2D eigenvalue weighted by molar-refractivity contribution is 5.96. The van der Waals surface area contributed by atoms with Crippen molar-refractivity contribution in [3.05, 3.63) is 48.7 Å². The Labute approximate surface area is 160 Å². The molecule has 1 N–H and O–H groups in total. The van der Waals surface area contributed by atoms with Crippen LogP contribution >= 0.6 is 0 Å². The molecule has 2 aliphatic rings. The molecule has 2 fully saturated rings. The van der Waals surface area contributed by atoms with Gasteiger partial charge in [-0.25, -0.2) is 4.98 Å². The van der Waals surface area contributed by atoms with Crippen molar-refractivity contribution < 1.29 is 4.79 Å². The fraction of sp³-hybridized carbons (Fsp3) is 0.429. The van der Waals surface area contributed by atoms with Crippen LogP contribution < -0.4 is 15.1 Å². The number of benzene rings is 1. The molecule has 4 rings (SSSR count). The third kappa shape index (κ3) is 4.06. The van der Waals surface area contributed by atoms with Crippen LogP contribution in [0.15, 0.2) is 48.7 Å². The summed E-state index contributed by atoms with van der Waals surface area (Å²) in [6.45, 7) is 5.07. The first-order chi connectivity index (χ1) is 13.2. The lowest BCUT2D eigenvalue weighted by Gasteiger charge is -2.33. The molecule has 1 atom stereocenters. The molecule has 1 aromatic carbocycles. The number of anilines is 3. The van der Waals surface area contributed by atoms with Crippen molar-refractivity contribution in [2.45, 2.75) is 18.9 Å². The molecule has 1 aromatic heterocycles. The van der Waals surface area contributed by atoms with Gasteiger partial charge < -0.3 is 20.0 Å². The summed E-state index contributed by atoms with van der Waals surface area (Å²) in [5, 5.41) is 3.00. The van der Waals surface area contributed by atoms with Crippen molar-refractivity contribution in [3.63, 3.8) is 0 Å². The number of hydrogen-bond donors (Lipinski definition) is 1. The molecule has 2 saturated heterocycles. The predicted molar refractivity (Wildman–Crippen MR) is 109 cm³/mol. The minimum Gasteiger partial charge on any atom is -0.368 e. The number of hydrogen-bond acceptors (Lipinski definition) is 5. The fourth-order valence-corrected chi connectivity index (χ4v) is 3.89. The van der Waals surface area contributed by atoms with Crippen molar-refractivity contribution in [1.82, 2.24) is 9.88 Å². The van der Waals surface area contributed by atoms with E-state index in [2.05, 4.69) is 50.2 Å². The number of carbonyl (C=O) groups excluding carboxylic acids is 1. The SMILES string of the molecule is CN1CCN(c2ccc(NC(=O)C3CCCN3c3ccccc3)nc2)CC1. The maximum absolute atomic E-state index is 12.8. The number of rotatable bonds is 4. The van der Waals surface area contributed by atoms with E-state index in [0.717, 1.165) is 56.9 Å². The molecule has 0 aliphatic carbocycles. The number of para-hydroxylation sites is 1. The molecule has 0 bridgehead atoms. The Hall–Kier alpha value is -2.60. The van der Waals surface area contributed by atoms with Crippen LogP contribution in [0.4, 0.5) is 17.2 Å². The second-order valence-electron chi connectivity index (χ2n) is 7.37. The van der Waals surface area contributed by atoms with Gasteiger partial charge in [-0.1, -0.05) is 18.2 Å². The number of pyridine rings is 1. The third-order valence-electron chi connectivity index (χ3n) is 5.51. The Morgan fingerprint density at radius 1 is 1.00 bits per heavy atom. The first kappa shape index (κ1) is 17.8. The molecule has 6 nitrogen and oxygen atoms in total. The molecule has 1 amide bonds. The van der Waals surface area contributed by atoms with Gasteiger partial charge in [0.1, 0.15) is 11.9 Å². The quantitative estimate of drug-likeness (QED) is 0.902. The van der Waals surface area contributed by atoms with Gasteiger partial charge in [-0.15, -0.1) is 0 Å². The van der Waals surface area contributed by atoms with Crippen molar-refractivity contribution >= 4 is 23.1 Å². The van der Waals surface area contributed by atoms with Crippen LogP contribution in [0.2, 0.25) is 0 Å². The molecular formula is C21H27N5O. The van der Waals surface area contributed by atoms with Gasteiger partial charge in [0, 0.05) is 38.4 Å². The Morgan fingerprint density at radius 2 is 1.78 bits per heavy atom. The van der Waals surface area contributed by atoms with Crippen LogP contribution in [-0.2, 0) is 4.79 Å². The number of nitrogens with one attached hydrogen (secondary N) is 1. The fourth-order valence-electron chi connectivity index (χ4n) is 3.89. The second-order valence-corrected chi connectivity index (χ2v) is 7.37. The minimum atomic E-state index is -0.133. The Kier molecular flexibility index (Phi) is 5.25. The lowest BCUT2D eigenvalue weighted by molar-refractivity contribution is -0.117. The molecule has 2 aromatic rings. The molecule has 6 heteroatoms. The number of likely N-dealkylation sites (N-methyl/N-ethyl adjacent to an activating group) is 1. The van der Waals surface area contributed by atoms with Gasteiger partial charge >= 0.3 is 0 Å². The van der Waals surface area contributed by atoms with Crippen LogP contribution in [0.3, 0.4) is 0 Å². The lowest BCUT2D eigenvalue weighted by Crippen LogP contribution is -2.44. The average molecular weight is 365 g/mol. The van der Waals surface area contributed by atoms with Gasteiger partial charge in [-0.05, 0) is 44.2 Å². The molecule has 0 radical (unpaired) electrons. The highest BCUT2D eigenvalue weighted by atomic mass is 16.2. The molecule has 27 heavy (non-hydrogen) atoms. The summed E-state index contributed by atoms with van der Waals surface area (Å²) in [6, 6.07) is 14.0. The van der Waals surface area contributed by atoms with E-state index < -0.39 is 0 Å². The zero-order valence-electron chi connectivity index (χ0n) is 15.8. The Bertz CT molecular complexity index is 756. The summed E-state index contributed by atoms with van der Waals surface area (Å²) in [5.74, 6) is 0.647. The van der Waals surface area contributed by atoms with Crippen molar-refractivity contribution in [2.75, 3.05) is 54.9 Å². The Balaban J connectivity index is 1.39. The van der Waals surface area contributed by atoms with E-state index in [-0.39, 0.29) is 11.9 Å². The molecular weight excluding hydrogens is 338 g/mol. The summed E-state index contributed by atoms with van der Waals surface area (Å²) in [7, 11) is 2.15. The molecule has 2 aliphatic heterocycles. The highest BCUT2D eigenvalue weighted by Gasteiger charge is 2.31. The standard InChI is InChI=1S/C21H27N5O/c1-24-12-14-25(15-13-24)18-9-10-20(22-16-18)23-21(27)19-8-5-11-26(19)17-6-3-2-4-7-17/h2-4,6-7,9-10,16,19H,5,8,11-15H2,1H3,(H,22,23,27). The van der Waals surface area contributed by atoms with E-state index in [1.807, 2.05) is 30.5 Å². The summed E-state index contributed by atoms with van der Waals surface area (Å²) < 4.78 is 0. The third-order valence-corrected chi connectivity index (χ3v) is 5.51. The molecule has 3 heterocycles. The first-order valence-electron chi connectivity index (χ1n) is 9.73. The summed E-state index contributed by atoms with van der Waals surface area (Å²) in [6.07, 6.45) is 3.77. The number of nitrogens with zero attached hydrogens (tertiary/aromatic N) is 4. The van der Waals surface area contributed by atoms with Crippen molar-refractivity contribution in [3.8, 4) is 0 Å². The van der Waals surface area contributed by atoms with Gasteiger partial charge in [-0.3, -0.25) is 4.79 Å². The number of amides is 1. The van der Waals surface area contributed by atoms with Crippen molar-refractivity contribution in [1.29, 1.82) is 0 Å². The first-order valence-corrected chi connectivity index (χ1v) is 9.73. The topological polar surface area (TPSA) is 51.7 Å². The monoisotopic (exact) mass is 365 g/mol. The van der Waals surface area contributed by atoms with E-state index in [1.54, 1.807) is 0 Å². The van der Waals surface area contributed by atoms with Crippen LogP contribution in [-0.4, -0.2) is 61.6 Å². The smallest absolute Gasteiger partial charge is 0.248 e. The largest absolute Gasteiger partial charge is 0.368 e. The van der Waals surface area contributed by atoms with Gasteiger partial charge in [0.05, 0.1) is 11.9 Å². The predicted octanol–water partition coefficient (Wildman–Crippen LogP) is 2.44. The van der Waals surface area contributed by atoms with Crippen LogP contribution in [0.1, 0.15) is 12.8 Å². The summed E-state index contributed by atoms with van der Waals surface area (Å²) in [4.78, 5) is 24.1. The molecule has 1 unspecified atom stereocenters. The molecule has 0 spiro atoms. The number of piperazine rings is 1.